The van der Waals surface area contributed by atoms with Crippen molar-refractivity contribution in [1.82, 2.24) is 0 Å². The molecule has 0 radical (unpaired) electrons. The van der Waals surface area contributed by atoms with Crippen LogP contribution in [0.1, 0.15) is 11.1 Å². The molecule has 18 heavy (non-hydrogen) atoms. The normalized spacial score (nSPS) is 11.6. The minimum absolute atomic E-state index is 0.616. The van der Waals surface area contributed by atoms with E-state index in [0.29, 0.717) is 0 Å². The highest BCUT2D eigenvalue weighted by Gasteiger charge is 2.29. The molecule has 2 aromatic rings. The van der Waals surface area contributed by atoms with E-state index in [1.807, 2.05) is 25.1 Å². The van der Waals surface area contributed by atoms with Crippen LogP contribution in [0.3, 0.4) is 0 Å². The van der Waals surface area contributed by atoms with Crippen LogP contribution < -0.4 is 0 Å². The molecule has 4 heteroatoms. The standard InChI is InChI=1S/C14H10F3I/c1-9-8-12(18)6-7-13(9)10-2-4-11(5-3-10)14(15,16)17/h2-8H,1H3. The Morgan fingerprint density at radius 1 is 0.944 bits per heavy atom. The number of benzene rings is 2. The van der Waals surface area contributed by atoms with E-state index in [4.69, 9.17) is 0 Å². The van der Waals surface area contributed by atoms with Crippen LogP contribution in [0.15, 0.2) is 42.5 Å². The number of hydrogen-bond donors (Lipinski definition) is 0. The Morgan fingerprint density at radius 3 is 2.06 bits per heavy atom. The molecule has 0 saturated carbocycles. The molecular weight excluding hydrogens is 352 g/mol. The first kappa shape index (κ1) is 13.4. The van der Waals surface area contributed by atoms with Gasteiger partial charge in [0, 0.05) is 3.57 Å². The lowest BCUT2D eigenvalue weighted by Crippen LogP contribution is -2.04. The lowest BCUT2D eigenvalue weighted by Gasteiger charge is -2.09. The minimum Gasteiger partial charge on any atom is -0.166 e. The van der Waals surface area contributed by atoms with E-state index in [9.17, 15) is 13.2 Å². The zero-order chi connectivity index (χ0) is 13.3. The monoisotopic (exact) mass is 362 g/mol. The van der Waals surface area contributed by atoms with Gasteiger partial charge in [0.1, 0.15) is 0 Å². The molecule has 0 amide bonds. The highest BCUT2D eigenvalue weighted by atomic mass is 127. The molecule has 0 nitrogen and oxygen atoms in total. The van der Waals surface area contributed by atoms with E-state index < -0.39 is 11.7 Å². The second-order valence-electron chi connectivity index (χ2n) is 4.03. The van der Waals surface area contributed by atoms with Crippen molar-refractivity contribution >= 4 is 22.6 Å². The molecule has 94 valence electrons. The van der Waals surface area contributed by atoms with Crippen LogP contribution in [0, 0.1) is 10.5 Å². The Balaban J connectivity index is 2.41. The molecule has 0 aromatic heterocycles. The fourth-order valence-corrected chi connectivity index (χ4v) is 2.44. The van der Waals surface area contributed by atoms with Gasteiger partial charge in [-0.25, -0.2) is 0 Å². The van der Waals surface area contributed by atoms with Crippen molar-refractivity contribution in [3.63, 3.8) is 0 Å². The van der Waals surface area contributed by atoms with E-state index in [0.717, 1.165) is 32.4 Å². The maximum absolute atomic E-state index is 12.5. The number of aryl methyl sites for hydroxylation is 1. The molecule has 0 aliphatic carbocycles. The van der Waals surface area contributed by atoms with Gasteiger partial charge in [0.15, 0.2) is 0 Å². The maximum Gasteiger partial charge on any atom is 0.416 e. The molecule has 2 rings (SSSR count). The van der Waals surface area contributed by atoms with Gasteiger partial charge in [-0.2, -0.15) is 13.2 Å². The summed E-state index contributed by atoms with van der Waals surface area (Å²) in [7, 11) is 0. The Morgan fingerprint density at radius 2 is 1.56 bits per heavy atom. The van der Waals surface area contributed by atoms with E-state index >= 15 is 0 Å². The Hall–Kier alpha value is -1.04. The van der Waals surface area contributed by atoms with Gasteiger partial charge in [0.25, 0.3) is 0 Å². The largest absolute Gasteiger partial charge is 0.416 e. The third-order valence-corrected chi connectivity index (χ3v) is 3.38. The van der Waals surface area contributed by atoms with Crippen LogP contribution in [-0.4, -0.2) is 0 Å². The molecular formula is C14H10F3I. The highest BCUT2D eigenvalue weighted by molar-refractivity contribution is 14.1. The molecule has 0 saturated heterocycles. The van der Waals surface area contributed by atoms with Crippen LogP contribution in [0.25, 0.3) is 11.1 Å². The zero-order valence-corrected chi connectivity index (χ0v) is 11.7. The summed E-state index contributed by atoms with van der Waals surface area (Å²) < 4.78 is 38.5. The van der Waals surface area contributed by atoms with Gasteiger partial charge >= 0.3 is 6.18 Å². The number of rotatable bonds is 1. The summed E-state index contributed by atoms with van der Waals surface area (Å²) in [5.74, 6) is 0. The second-order valence-corrected chi connectivity index (χ2v) is 5.28. The molecule has 0 unspecified atom stereocenters. The van der Waals surface area contributed by atoms with Crippen molar-refractivity contribution in [3.05, 3.63) is 57.2 Å². The summed E-state index contributed by atoms with van der Waals surface area (Å²) in [4.78, 5) is 0. The summed E-state index contributed by atoms with van der Waals surface area (Å²) in [5.41, 5.74) is 2.21. The van der Waals surface area contributed by atoms with Gasteiger partial charge in [-0.05, 0) is 70.5 Å². The average molecular weight is 362 g/mol. The first-order chi connectivity index (χ1) is 8.38. The Bertz CT molecular complexity index is 556. The predicted molar refractivity (Wildman–Crippen MR) is 74.3 cm³/mol. The fourth-order valence-electron chi connectivity index (χ4n) is 1.79. The van der Waals surface area contributed by atoms with Crippen LogP contribution in [0.5, 0.6) is 0 Å². The highest BCUT2D eigenvalue weighted by Crippen LogP contribution is 2.31. The van der Waals surface area contributed by atoms with Crippen molar-refractivity contribution in [2.45, 2.75) is 13.1 Å². The van der Waals surface area contributed by atoms with Gasteiger partial charge in [-0.15, -0.1) is 0 Å². The quantitative estimate of drug-likeness (QED) is 0.605. The third-order valence-electron chi connectivity index (χ3n) is 2.71. The summed E-state index contributed by atoms with van der Waals surface area (Å²) in [6.07, 6.45) is -4.28. The lowest BCUT2D eigenvalue weighted by atomic mass is 9.99. The van der Waals surface area contributed by atoms with E-state index in [1.54, 1.807) is 0 Å². The topological polar surface area (TPSA) is 0 Å². The van der Waals surface area contributed by atoms with Crippen LogP contribution in [0.2, 0.25) is 0 Å². The van der Waals surface area contributed by atoms with Gasteiger partial charge < -0.3 is 0 Å². The minimum atomic E-state index is -4.28. The zero-order valence-electron chi connectivity index (χ0n) is 9.55. The molecule has 0 atom stereocenters. The SMILES string of the molecule is Cc1cc(I)ccc1-c1ccc(C(F)(F)F)cc1. The maximum atomic E-state index is 12.5. The molecule has 0 heterocycles. The van der Waals surface area contributed by atoms with Crippen molar-refractivity contribution in [1.29, 1.82) is 0 Å². The predicted octanol–water partition coefficient (Wildman–Crippen LogP) is 5.29. The lowest BCUT2D eigenvalue weighted by molar-refractivity contribution is -0.137. The van der Waals surface area contributed by atoms with Crippen LogP contribution in [-0.2, 0) is 6.18 Å². The second kappa shape index (κ2) is 4.91. The van der Waals surface area contributed by atoms with Crippen LogP contribution >= 0.6 is 22.6 Å². The van der Waals surface area contributed by atoms with Gasteiger partial charge in [0.05, 0.1) is 5.56 Å². The van der Waals surface area contributed by atoms with Crippen molar-refractivity contribution in [3.8, 4) is 11.1 Å². The molecule has 0 N–H and O–H groups in total. The number of hydrogen-bond acceptors (Lipinski definition) is 0. The molecule has 2 aromatic carbocycles. The van der Waals surface area contributed by atoms with Crippen molar-refractivity contribution < 1.29 is 13.2 Å². The number of halogens is 4. The third kappa shape index (κ3) is 2.85. The van der Waals surface area contributed by atoms with Gasteiger partial charge in [-0.3, -0.25) is 0 Å². The fraction of sp³-hybridized carbons (Fsp3) is 0.143. The van der Waals surface area contributed by atoms with Crippen LogP contribution in [0.4, 0.5) is 13.2 Å². The Kier molecular flexibility index (Phi) is 3.66. The molecule has 0 fully saturated rings. The summed E-state index contributed by atoms with van der Waals surface area (Å²) in [5, 5.41) is 0. The first-order valence-corrected chi connectivity index (χ1v) is 6.39. The summed E-state index contributed by atoms with van der Waals surface area (Å²) in [6.45, 7) is 1.95. The average Bonchev–Trinajstić information content (AvgIpc) is 2.28. The molecule has 0 aliphatic heterocycles. The van der Waals surface area contributed by atoms with Crippen molar-refractivity contribution in [2.24, 2.45) is 0 Å². The van der Waals surface area contributed by atoms with E-state index in [-0.39, 0.29) is 0 Å². The molecule has 0 bridgehead atoms. The van der Waals surface area contributed by atoms with Crippen molar-refractivity contribution in [2.75, 3.05) is 0 Å². The smallest absolute Gasteiger partial charge is 0.166 e. The van der Waals surface area contributed by atoms with E-state index in [1.165, 1.54) is 12.1 Å². The van der Waals surface area contributed by atoms with Gasteiger partial charge in [-0.1, -0.05) is 18.2 Å². The Labute approximate surface area is 117 Å². The summed E-state index contributed by atoms with van der Waals surface area (Å²) in [6, 6.07) is 11.1. The summed E-state index contributed by atoms with van der Waals surface area (Å²) >= 11 is 2.21. The van der Waals surface area contributed by atoms with Gasteiger partial charge in [0.2, 0.25) is 0 Å². The van der Waals surface area contributed by atoms with E-state index in [2.05, 4.69) is 22.6 Å². The molecule has 0 aliphatic rings. The molecule has 0 spiro atoms. The first-order valence-electron chi connectivity index (χ1n) is 5.32. The number of alkyl halides is 3.